The summed E-state index contributed by atoms with van der Waals surface area (Å²) in [5.74, 6) is 0.953. The van der Waals surface area contributed by atoms with Crippen LogP contribution in [0.2, 0.25) is 0 Å². The molecule has 2 spiro atoms. The number of piperidine rings is 2. The summed E-state index contributed by atoms with van der Waals surface area (Å²) in [6.45, 7) is 8.80. The van der Waals surface area contributed by atoms with Crippen molar-refractivity contribution in [2.45, 2.75) is 64.0 Å². The van der Waals surface area contributed by atoms with Gasteiger partial charge < -0.3 is 20.2 Å². The van der Waals surface area contributed by atoms with Gasteiger partial charge in [0.15, 0.2) is 11.5 Å². The van der Waals surface area contributed by atoms with Crippen LogP contribution in [-0.2, 0) is 13.0 Å². The van der Waals surface area contributed by atoms with E-state index in [1.807, 2.05) is 12.1 Å². The number of rotatable bonds is 6. The molecule has 1 atom stereocenters. The van der Waals surface area contributed by atoms with Crippen LogP contribution in [0.4, 0.5) is 17.3 Å². The van der Waals surface area contributed by atoms with Crippen LogP contribution in [0.15, 0.2) is 60.0 Å². The first-order valence-corrected chi connectivity index (χ1v) is 16.5. The third kappa shape index (κ3) is 4.95. The van der Waals surface area contributed by atoms with Gasteiger partial charge in [0.1, 0.15) is 11.5 Å². The number of hydrogen-bond donors (Lipinski definition) is 2. The number of allylic oxidation sites excluding steroid dienone is 1. The highest BCUT2D eigenvalue weighted by molar-refractivity contribution is 5.77. The molecule has 5 heterocycles. The van der Waals surface area contributed by atoms with Gasteiger partial charge in [0, 0.05) is 36.1 Å². The van der Waals surface area contributed by atoms with Crippen LogP contribution >= 0.6 is 0 Å². The summed E-state index contributed by atoms with van der Waals surface area (Å²) < 4.78 is 3.32. The topological polar surface area (TPSA) is 104 Å². The second kappa shape index (κ2) is 10.8. The van der Waals surface area contributed by atoms with E-state index in [4.69, 9.17) is 9.97 Å². The fraction of sp³-hybridized carbons (Fsp3) is 0.486. The first kappa shape index (κ1) is 28.5. The Kier molecular flexibility index (Phi) is 6.83. The van der Waals surface area contributed by atoms with Crippen LogP contribution in [0.1, 0.15) is 62.3 Å². The summed E-state index contributed by atoms with van der Waals surface area (Å²) in [4.78, 5) is 32.7. The van der Waals surface area contributed by atoms with E-state index < -0.39 is 6.10 Å². The molecule has 3 aromatic heterocycles. The highest BCUT2D eigenvalue weighted by atomic mass is 16.3. The molecule has 1 unspecified atom stereocenters. The number of fused-ring (bicyclic) bond motifs is 2. The van der Waals surface area contributed by atoms with E-state index in [1.54, 1.807) is 21.6 Å². The normalized spacial score (nSPS) is 22.1. The standard InChI is InChI=1S/C35H42N8O2/c1-3-18-42-32(45)27-23-36-33(39-31(27)43(42)28-9-4-24-10-11-35(12-13-35)30(44)29(24)38-28)37-25-5-7-26(8-6-25)41-21-16-34(17-22-41)14-19-40(2)20-15-34/h3-9,23,30,44H,1,10-22H2,2H3,(H,36,37,39). The Hall–Kier alpha value is -4.02. The average Bonchev–Trinajstić information content (AvgIpc) is 3.80. The highest BCUT2D eigenvalue weighted by Gasteiger charge is 2.52. The van der Waals surface area contributed by atoms with Gasteiger partial charge in [-0.2, -0.15) is 4.98 Å². The first-order valence-electron chi connectivity index (χ1n) is 16.5. The molecule has 2 saturated heterocycles. The number of aromatic nitrogens is 5. The number of anilines is 3. The van der Waals surface area contributed by atoms with Crippen LogP contribution in [-0.4, -0.2) is 67.5 Å². The van der Waals surface area contributed by atoms with Crippen molar-refractivity contribution in [2.75, 3.05) is 43.4 Å². The molecule has 0 radical (unpaired) electrons. The van der Waals surface area contributed by atoms with Crippen molar-refractivity contribution in [2.24, 2.45) is 10.8 Å². The number of hydrogen-bond acceptors (Lipinski definition) is 8. The molecule has 2 N–H and O–H groups in total. The third-order valence-corrected chi connectivity index (χ3v) is 11.2. The van der Waals surface area contributed by atoms with Gasteiger partial charge in [-0.3, -0.25) is 4.79 Å². The quantitative estimate of drug-likeness (QED) is 0.296. The Morgan fingerprint density at radius 1 is 0.978 bits per heavy atom. The molecule has 45 heavy (non-hydrogen) atoms. The van der Waals surface area contributed by atoms with Crippen LogP contribution in [0.25, 0.3) is 16.9 Å². The molecular weight excluding hydrogens is 564 g/mol. The summed E-state index contributed by atoms with van der Waals surface area (Å²) in [6, 6.07) is 12.4. The van der Waals surface area contributed by atoms with Gasteiger partial charge in [0.2, 0.25) is 5.95 Å². The molecule has 2 aliphatic carbocycles. The fourth-order valence-electron chi connectivity index (χ4n) is 7.88. The highest BCUT2D eigenvalue weighted by Crippen LogP contribution is 2.60. The van der Waals surface area contributed by atoms with Gasteiger partial charge >= 0.3 is 0 Å². The maximum Gasteiger partial charge on any atom is 0.278 e. The number of aliphatic hydroxyl groups is 1. The SMILES string of the molecule is C=CCn1c(=O)c2cnc(Nc3ccc(N4CCC5(CCN(C)CC5)CC4)cc3)nc2n1-c1ccc2c(n1)C(O)C1(CC2)CC1. The Labute approximate surface area is 263 Å². The molecule has 3 fully saturated rings. The zero-order chi connectivity index (χ0) is 30.8. The average molecular weight is 607 g/mol. The molecule has 4 aliphatic rings. The largest absolute Gasteiger partial charge is 0.386 e. The number of pyridine rings is 1. The Morgan fingerprint density at radius 2 is 1.71 bits per heavy atom. The lowest BCUT2D eigenvalue weighted by atomic mass is 9.71. The molecule has 1 aromatic carbocycles. The minimum Gasteiger partial charge on any atom is -0.386 e. The number of benzene rings is 1. The van der Waals surface area contributed by atoms with E-state index in [2.05, 4.69) is 58.0 Å². The zero-order valence-corrected chi connectivity index (χ0v) is 26.1. The van der Waals surface area contributed by atoms with Crippen LogP contribution in [0.3, 0.4) is 0 Å². The van der Waals surface area contributed by atoms with Gasteiger partial charge in [-0.05, 0) is 113 Å². The summed E-state index contributed by atoms with van der Waals surface area (Å²) in [5, 5.41) is 14.9. The molecule has 234 valence electrons. The molecule has 10 heteroatoms. The van der Waals surface area contributed by atoms with Crippen molar-refractivity contribution in [3.8, 4) is 5.82 Å². The second-order valence-corrected chi connectivity index (χ2v) is 13.9. The predicted octanol–water partition coefficient (Wildman–Crippen LogP) is 4.98. The Morgan fingerprint density at radius 3 is 2.42 bits per heavy atom. The van der Waals surface area contributed by atoms with Gasteiger partial charge in [-0.15, -0.1) is 6.58 Å². The number of likely N-dealkylation sites (tertiary alicyclic amines) is 1. The van der Waals surface area contributed by atoms with Crippen molar-refractivity contribution in [1.29, 1.82) is 0 Å². The smallest absolute Gasteiger partial charge is 0.278 e. The fourth-order valence-corrected chi connectivity index (χ4v) is 7.88. The molecule has 10 nitrogen and oxygen atoms in total. The molecule has 1 saturated carbocycles. The minimum atomic E-state index is -0.585. The van der Waals surface area contributed by atoms with Gasteiger partial charge in [-0.1, -0.05) is 12.1 Å². The number of nitrogens with one attached hydrogen (secondary N) is 1. The summed E-state index contributed by atoms with van der Waals surface area (Å²) in [7, 11) is 2.24. The second-order valence-electron chi connectivity index (χ2n) is 13.9. The zero-order valence-electron chi connectivity index (χ0n) is 26.1. The lowest BCUT2D eigenvalue weighted by Crippen LogP contribution is -2.46. The maximum absolute atomic E-state index is 13.5. The molecular formula is C35H42N8O2. The van der Waals surface area contributed by atoms with Crippen LogP contribution < -0.4 is 15.8 Å². The van der Waals surface area contributed by atoms with E-state index in [0.29, 0.717) is 34.8 Å². The van der Waals surface area contributed by atoms with Crippen molar-refractivity contribution in [3.05, 3.63) is 76.9 Å². The van der Waals surface area contributed by atoms with E-state index >= 15 is 0 Å². The molecule has 4 aromatic rings. The maximum atomic E-state index is 13.5. The van der Waals surface area contributed by atoms with Gasteiger partial charge in [0.25, 0.3) is 5.56 Å². The van der Waals surface area contributed by atoms with E-state index in [0.717, 1.165) is 55.7 Å². The van der Waals surface area contributed by atoms with E-state index in [9.17, 15) is 9.90 Å². The molecule has 8 rings (SSSR count). The van der Waals surface area contributed by atoms with Crippen molar-refractivity contribution < 1.29 is 5.11 Å². The van der Waals surface area contributed by atoms with Crippen molar-refractivity contribution in [3.63, 3.8) is 0 Å². The summed E-state index contributed by atoms with van der Waals surface area (Å²) >= 11 is 0. The molecule has 0 amide bonds. The van der Waals surface area contributed by atoms with Crippen LogP contribution in [0.5, 0.6) is 0 Å². The molecule has 2 aliphatic heterocycles. The Bertz CT molecular complexity index is 1800. The molecule has 0 bridgehead atoms. The predicted molar refractivity (Wildman–Crippen MR) is 176 cm³/mol. The third-order valence-electron chi connectivity index (χ3n) is 11.2. The lowest BCUT2D eigenvalue weighted by Gasteiger charge is -2.46. The van der Waals surface area contributed by atoms with Gasteiger partial charge in [0.05, 0.1) is 12.2 Å². The van der Waals surface area contributed by atoms with Crippen molar-refractivity contribution in [1.82, 2.24) is 29.2 Å². The lowest BCUT2D eigenvalue weighted by molar-refractivity contribution is 0.0734. The summed E-state index contributed by atoms with van der Waals surface area (Å²) in [5.41, 5.74) is 4.67. The summed E-state index contributed by atoms with van der Waals surface area (Å²) in [6.07, 6.45) is 11.8. The monoisotopic (exact) mass is 606 g/mol. The van der Waals surface area contributed by atoms with E-state index in [1.165, 1.54) is 44.5 Å². The Balaban J connectivity index is 1.05. The van der Waals surface area contributed by atoms with Crippen LogP contribution in [0, 0.1) is 10.8 Å². The first-order chi connectivity index (χ1) is 21.9. The minimum absolute atomic E-state index is 0.0319. The van der Waals surface area contributed by atoms with Gasteiger partial charge in [-0.25, -0.2) is 19.3 Å². The number of aliphatic hydroxyl groups excluding tert-OH is 1. The van der Waals surface area contributed by atoms with Crippen molar-refractivity contribution >= 4 is 28.4 Å². The number of aryl methyl sites for hydroxylation is 1. The number of nitrogens with zero attached hydrogens (tertiary/aromatic N) is 7. The van der Waals surface area contributed by atoms with E-state index in [-0.39, 0.29) is 11.0 Å².